The molecule has 0 saturated heterocycles. The van der Waals surface area contributed by atoms with Gasteiger partial charge in [-0.15, -0.1) is 6.58 Å². The number of carbonyl (C=O) groups is 1. The molecule has 1 aromatic rings. The minimum Gasteiger partial charge on any atom is -0.481 e. The Morgan fingerprint density at radius 3 is 2.47 bits per heavy atom. The van der Waals surface area contributed by atoms with Crippen LogP contribution >= 0.6 is 0 Å². The summed E-state index contributed by atoms with van der Waals surface area (Å²) >= 11 is 0. The first kappa shape index (κ1) is 11.5. The molecule has 1 aromatic carbocycles. The van der Waals surface area contributed by atoms with Crippen LogP contribution in [0.2, 0.25) is 0 Å². The summed E-state index contributed by atoms with van der Waals surface area (Å²) in [6.07, 6.45) is 1.76. The molecule has 0 amide bonds. The smallest absolute Gasteiger partial charge is 0.307 e. The van der Waals surface area contributed by atoms with Crippen molar-refractivity contribution in [1.82, 2.24) is 0 Å². The van der Waals surface area contributed by atoms with Crippen molar-refractivity contribution < 1.29 is 14.6 Å². The second-order valence-electron chi connectivity index (χ2n) is 3.19. The van der Waals surface area contributed by atoms with E-state index in [2.05, 4.69) is 6.58 Å². The molecule has 0 fully saturated rings. The summed E-state index contributed by atoms with van der Waals surface area (Å²) in [6, 6.07) is 7.37. The van der Waals surface area contributed by atoms with Crippen LogP contribution in [0.3, 0.4) is 0 Å². The average Bonchev–Trinajstić information content (AvgIpc) is 2.20. The van der Waals surface area contributed by atoms with Gasteiger partial charge in [0.1, 0.15) is 0 Å². The Balaban J connectivity index is 2.48. The van der Waals surface area contributed by atoms with Crippen molar-refractivity contribution >= 4 is 5.97 Å². The van der Waals surface area contributed by atoms with E-state index in [1.54, 1.807) is 18.2 Å². The summed E-state index contributed by atoms with van der Waals surface area (Å²) in [5.74, 6) is -0.814. The van der Waals surface area contributed by atoms with E-state index in [4.69, 9.17) is 9.84 Å². The van der Waals surface area contributed by atoms with Crippen molar-refractivity contribution in [1.29, 1.82) is 0 Å². The maximum Gasteiger partial charge on any atom is 0.307 e. The van der Waals surface area contributed by atoms with Gasteiger partial charge in [0.25, 0.3) is 0 Å². The van der Waals surface area contributed by atoms with Crippen molar-refractivity contribution in [3.8, 4) is 0 Å². The van der Waals surface area contributed by atoms with Crippen LogP contribution < -0.4 is 0 Å². The van der Waals surface area contributed by atoms with Crippen LogP contribution in [-0.2, 0) is 22.6 Å². The molecule has 0 aliphatic heterocycles. The molecule has 3 nitrogen and oxygen atoms in total. The third-order valence-electron chi connectivity index (χ3n) is 1.88. The summed E-state index contributed by atoms with van der Waals surface area (Å²) in [7, 11) is 0. The molecule has 0 bridgehead atoms. The molecule has 3 heteroatoms. The number of benzene rings is 1. The Kier molecular flexibility index (Phi) is 4.57. The van der Waals surface area contributed by atoms with Crippen LogP contribution in [0.25, 0.3) is 0 Å². The minimum atomic E-state index is -0.814. The van der Waals surface area contributed by atoms with Gasteiger partial charge in [-0.05, 0) is 11.1 Å². The summed E-state index contributed by atoms with van der Waals surface area (Å²) in [5, 5.41) is 8.57. The van der Waals surface area contributed by atoms with Crippen LogP contribution in [0.1, 0.15) is 11.1 Å². The molecule has 0 radical (unpaired) electrons. The normalized spacial score (nSPS) is 9.87. The lowest BCUT2D eigenvalue weighted by Gasteiger charge is -2.02. The van der Waals surface area contributed by atoms with Crippen molar-refractivity contribution in [3.05, 3.63) is 48.0 Å². The van der Waals surface area contributed by atoms with Gasteiger partial charge in [0.15, 0.2) is 0 Å². The molecule has 80 valence electrons. The first-order valence-electron chi connectivity index (χ1n) is 4.70. The van der Waals surface area contributed by atoms with Crippen molar-refractivity contribution in [2.24, 2.45) is 0 Å². The van der Waals surface area contributed by atoms with Gasteiger partial charge >= 0.3 is 5.97 Å². The highest BCUT2D eigenvalue weighted by Gasteiger charge is 1.99. The van der Waals surface area contributed by atoms with Crippen LogP contribution in [-0.4, -0.2) is 17.7 Å². The van der Waals surface area contributed by atoms with Gasteiger partial charge in [-0.2, -0.15) is 0 Å². The van der Waals surface area contributed by atoms with Gasteiger partial charge in [-0.3, -0.25) is 4.79 Å². The molecule has 15 heavy (non-hydrogen) atoms. The molecule has 0 saturated carbocycles. The highest BCUT2D eigenvalue weighted by Crippen LogP contribution is 2.06. The van der Waals surface area contributed by atoms with E-state index in [1.807, 2.05) is 12.1 Å². The van der Waals surface area contributed by atoms with Gasteiger partial charge in [0.05, 0.1) is 19.6 Å². The van der Waals surface area contributed by atoms with Gasteiger partial charge in [-0.25, -0.2) is 0 Å². The van der Waals surface area contributed by atoms with E-state index in [9.17, 15) is 4.79 Å². The second kappa shape index (κ2) is 5.98. The summed E-state index contributed by atoms with van der Waals surface area (Å²) in [5.41, 5.74) is 1.83. The number of aliphatic carboxylic acids is 1. The van der Waals surface area contributed by atoms with Gasteiger partial charge < -0.3 is 9.84 Å². The van der Waals surface area contributed by atoms with E-state index >= 15 is 0 Å². The highest BCUT2D eigenvalue weighted by molar-refractivity contribution is 5.70. The van der Waals surface area contributed by atoms with E-state index in [0.29, 0.717) is 13.2 Å². The minimum absolute atomic E-state index is 0.0633. The number of hydrogen-bond acceptors (Lipinski definition) is 2. The second-order valence-corrected chi connectivity index (χ2v) is 3.19. The number of ether oxygens (including phenoxy) is 1. The average molecular weight is 206 g/mol. The number of rotatable bonds is 6. The van der Waals surface area contributed by atoms with Gasteiger partial charge in [0, 0.05) is 0 Å². The quantitative estimate of drug-likeness (QED) is 0.572. The number of carboxylic acids is 1. The van der Waals surface area contributed by atoms with Crippen molar-refractivity contribution in [2.75, 3.05) is 6.61 Å². The SMILES string of the molecule is C=CCOCc1ccc(CC(=O)O)cc1. The van der Waals surface area contributed by atoms with E-state index in [1.165, 1.54) is 0 Å². The van der Waals surface area contributed by atoms with Crippen LogP contribution in [0.5, 0.6) is 0 Å². The summed E-state index contributed by atoms with van der Waals surface area (Å²) < 4.78 is 5.26. The molecule has 0 atom stereocenters. The van der Waals surface area contributed by atoms with E-state index < -0.39 is 5.97 Å². The Labute approximate surface area is 89.0 Å². The van der Waals surface area contributed by atoms with Crippen molar-refractivity contribution in [3.63, 3.8) is 0 Å². The summed E-state index contributed by atoms with van der Waals surface area (Å²) in [4.78, 5) is 10.4. The Morgan fingerprint density at radius 1 is 1.33 bits per heavy atom. The lowest BCUT2D eigenvalue weighted by molar-refractivity contribution is -0.136. The fraction of sp³-hybridized carbons (Fsp3) is 0.250. The predicted molar refractivity (Wildman–Crippen MR) is 57.6 cm³/mol. The zero-order valence-electron chi connectivity index (χ0n) is 8.48. The standard InChI is InChI=1S/C12H14O3/c1-2-7-15-9-11-5-3-10(4-6-11)8-12(13)14/h2-6H,1,7-9H2,(H,13,14). The van der Waals surface area contributed by atoms with Crippen LogP contribution in [0.4, 0.5) is 0 Å². The Bertz CT molecular complexity index is 327. The zero-order valence-corrected chi connectivity index (χ0v) is 8.48. The fourth-order valence-electron chi connectivity index (χ4n) is 1.19. The predicted octanol–water partition coefficient (Wildman–Crippen LogP) is 2.02. The molecule has 0 aliphatic carbocycles. The topological polar surface area (TPSA) is 46.5 Å². The first-order valence-corrected chi connectivity index (χ1v) is 4.70. The Hall–Kier alpha value is -1.61. The first-order chi connectivity index (χ1) is 7.22. The van der Waals surface area contributed by atoms with Crippen LogP contribution in [0.15, 0.2) is 36.9 Å². The largest absolute Gasteiger partial charge is 0.481 e. The highest BCUT2D eigenvalue weighted by atomic mass is 16.5. The lowest BCUT2D eigenvalue weighted by Crippen LogP contribution is -2.00. The van der Waals surface area contributed by atoms with E-state index in [0.717, 1.165) is 11.1 Å². The van der Waals surface area contributed by atoms with Gasteiger partial charge in [-0.1, -0.05) is 30.3 Å². The molecule has 0 heterocycles. The molecule has 0 aliphatic rings. The molecule has 0 aromatic heterocycles. The summed E-state index contributed by atoms with van der Waals surface area (Å²) in [6.45, 7) is 4.60. The Morgan fingerprint density at radius 2 is 1.93 bits per heavy atom. The molecule has 1 N–H and O–H groups in total. The molecule has 0 unspecified atom stereocenters. The maximum absolute atomic E-state index is 10.4. The van der Waals surface area contributed by atoms with Crippen molar-refractivity contribution in [2.45, 2.75) is 13.0 Å². The zero-order chi connectivity index (χ0) is 11.1. The third kappa shape index (κ3) is 4.42. The monoisotopic (exact) mass is 206 g/mol. The lowest BCUT2D eigenvalue weighted by atomic mass is 10.1. The van der Waals surface area contributed by atoms with Gasteiger partial charge in [0.2, 0.25) is 0 Å². The number of hydrogen-bond donors (Lipinski definition) is 1. The molecular formula is C12H14O3. The third-order valence-corrected chi connectivity index (χ3v) is 1.88. The molecular weight excluding hydrogens is 192 g/mol. The fourth-order valence-corrected chi connectivity index (χ4v) is 1.19. The van der Waals surface area contributed by atoms with Crippen LogP contribution in [0, 0.1) is 0 Å². The molecule has 1 rings (SSSR count). The van der Waals surface area contributed by atoms with E-state index in [-0.39, 0.29) is 6.42 Å². The number of carboxylic acid groups (broad SMARTS) is 1. The maximum atomic E-state index is 10.4. The molecule has 0 spiro atoms.